The van der Waals surface area contributed by atoms with Gasteiger partial charge in [0.2, 0.25) is 5.91 Å². The molecule has 3 rings (SSSR count). The summed E-state index contributed by atoms with van der Waals surface area (Å²) < 4.78 is 0. The molecule has 0 bridgehead atoms. The van der Waals surface area contributed by atoms with Crippen molar-refractivity contribution < 1.29 is 14.4 Å². The second-order valence-corrected chi connectivity index (χ2v) is 6.48. The van der Waals surface area contributed by atoms with Gasteiger partial charge in [-0.2, -0.15) is 0 Å². The van der Waals surface area contributed by atoms with Crippen LogP contribution in [0.2, 0.25) is 0 Å². The molecule has 3 heterocycles. The standard InChI is InChI=1S/C17H23N5O3/c1-12-3-2-6-18-14(12)11-21-7-9-22(10-8-21)15(23)5-4-13-16(24)20-17(25)19-13/h2-3,6,13H,4-5,7-11H2,1H3,(H2,19,20,24,25). The largest absolute Gasteiger partial charge is 0.340 e. The molecule has 1 aromatic heterocycles. The van der Waals surface area contributed by atoms with Crippen LogP contribution in [0.15, 0.2) is 18.3 Å². The number of rotatable bonds is 5. The normalized spacial score (nSPS) is 21.2. The Labute approximate surface area is 146 Å². The Hall–Kier alpha value is -2.48. The highest BCUT2D eigenvalue weighted by Crippen LogP contribution is 2.12. The molecule has 0 aliphatic carbocycles. The van der Waals surface area contributed by atoms with E-state index in [0.29, 0.717) is 19.5 Å². The molecule has 2 aliphatic heterocycles. The Morgan fingerprint density at radius 1 is 1.28 bits per heavy atom. The molecule has 0 aromatic carbocycles. The number of aromatic nitrogens is 1. The fourth-order valence-corrected chi connectivity index (χ4v) is 3.14. The lowest BCUT2D eigenvalue weighted by Gasteiger charge is -2.35. The van der Waals surface area contributed by atoms with Gasteiger partial charge in [0.25, 0.3) is 5.91 Å². The van der Waals surface area contributed by atoms with Gasteiger partial charge in [0.05, 0.1) is 5.69 Å². The van der Waals surface area contributed by atoms with Crippen LogP contribution in [0.1, 0.15) is 24.1 Å². The van der Waals surface area contributed by atoms with Crippen LogP contribution in [-0.4, -0.2) is 64.9 Å². The number of hydrogen-bond donors (Lipinski definition) is 2. The van der Waals surface area contributed by atoms with Crippen molar-refractivity contribution in [3.8, 4) is 0 Å². The number of nitrogens with one attached hydrogen (secondary N) is 2. The van der Waals surface area contributed by atoms with Gasteiger partial charge in [0, 0.05) is 45.3 Å². The Balaban J connectivity index is 1.42. The van der Waals surface area contributed by atoms with Crippen molar-refractivity contribution in [3.63, 3.8) is 0 Å². The number of amides is 4. The summed E-state index contributed by atoms with van der Waals surface area (Å²) in [5.41, 5.74) is 2.25. The van der Waals surface area contributed by atoms with Crippen molar-refractivity contribution in [2.45, 2.75) is 32.4 Å². The molecular formula is C17H23N5O3. The second-order valence-electron chi connectivity index (χ2n) is 6.48. The Morgan fingerprint density at radius 2 is 2.04 bits per heavy atom. The zero-order valence-corrected chi connectivity index (χ0v) is 14.3. The van der Waals surface area contributed by atoms with Crippen molar-refractivity contribution in [1.29, 1.82) is 0 Å². The van der Waals surface area contributed by atoms with Crippen molar-refractivity contribution >= 4 is 17.8 Å². The predicted octanol–water partition coefficient (Wildman–Crippen LogP) is 0.0224. The molecule has 8 heteroatoms. The van der Waals surface area contributed by atoms with E-state index in [1.165, 1.54) is 5.56 Å². The summed E-state index contributed by atoms with van der Waals surface area (Å²) in [4.78, 5) is 43.4. The van der Waals surface area contributed by atoms with Gasteiger partial charge in [-0.25, -0.2) is 4.79 Å². The maximum atomic E-state index is 12.3. The number of carbonyl (C=O) groups excluding carboxylic acids is 3. The highest BCUT2D eigenvalue weighted by molar-refractivity contribution is 6.04. The van der Waals surface area contributed by atoms with Gasteiger partial charge in [-0.05, 0) is 25.0 Å². The average Bonchev–Trinajstić information content (AvgIpc) is 2.93. The third kappa shape index (κ3) is 4.33. The van der Waals surface area contributed by atoms with Gasteiger partial charge in [-0.3, -0.25) is 24.8 Å². The zero-order valence-electron chi connectivity index (χ0n) is 14.3. The predicted molar refractivity (Wildman–Crippen MR) is 90.5 cm³/mol. The van der Waals surface area contributed by atoms with Gasteiger partial charge < -0.3 is 10.2 Å². The van der Waals surface area contributed by atoms with Crippen molar-refractivity contribution in [2.75, 3.05) is 26.2 Å². The summed E-state index contributed by atoms with van der Waals surface area (Å²) in [5, 5.41) is 4.69. The Kier molecular flexibility index (Phi) is 5.28. The topological polar surface area (TPSA) is 94.6 Å². The van der Waals surface area contributed by atoms with E-state index >= 15 is 0 Å². The molecule has 8 nitrogen and oxygen atoms in total. The van der Waals surface area contributed by atoms with E-state index in [4.69, 9.17) is 0 Å². The van der Waals surface area contributed by atoms with Crippen molar-refractivity contribution in [1.82, 2.24) is 25.4 Å². The number of urea groups is 1. The third-order valence-electron chi connectivity index (χ3n) is 4.72. The van der Waals surface area contributed by atoms with E-state index in [1.807, 2.05) is 11.0 Å². The highest BCUT2D eigenvalue weighted by Gasteiger charge is 2.30. The summed E-state index contributed by atoms with van der Waals surface area (Å²) in [7, 11) is 0. The number of piperazine rings is 1. The summed E-state index contributed by atoms with van der Waals surface area (Å²) in [6, 6.07) is 2.91. The first kappa shape index (κ1) is 17.3. The first-order valence-electron chi connectivity index (χ1n) is 8.55. The van der Waals surface area contributed by atoms with E-state index in [9.17, 15) is 14.4 Å². The van der Waals surface area contributed by atoms with Crippen LogP contribution in [0.3, 0.4) is 0 Å². The first-order valence-corrected chi connectivity index (χ1v) is 8.55. The lowest BCUT2D eigenvalue weighted by molar-refractivity contribution is -0.133. The molecule has 4 amide bonds. The summed E-state index contributed by atoms with van der Waals surface area (Å²) in [6.45, 7) is 5.82. The minimum atomic E-state index is -0.593. The summed E-state index contributed by atoms with van der Waals surface area (Å²) >= 11 is 0. The van der Waals surface area contributed by atoms with Crippen LogP contribution in [0.25, 0.3) is 0 Å². The lowest BCUT2D eigenvalue weighted by Crippen LogP contribution is -2.48. The van der Waals surface area contributed by atoms with Gasteiger partial charge in [-0.1, -0.05) is 6.07 Å². The Morgan fingerprint density at radius 3 is 2.68 bits per heavy atom. The molecule has 1 aromatic rings. The monoisotopic (exact) mass is 345 g/mol. The third-order valence-corrected chi connectivity index (χ3v) is 4.72. The van der Waals surface area contributed by atoms with Crippen LogP contribution >= 0.6 is 0 Å². The van der Waals surface area contributed by atoms with Crippen molar-refractivity contribution in [3.05, 3.63) is 29.6 Å². The molecule has 134 valence electrons. The number of aryl methyl sites for hydroxylation is 1. The van der Waals surface area contributed by atoms with Crippen LogP contribution < -0.4 is 10.6 Å². The molecule has 2 aliphatic rings. The van der Waals surface area contributed by atoms with E-state index in [1.54, 1.807) is 6.20 Å². The van der Waals surface area contributed by atoms with Crippen LogP contribution in [0.4, 0.5) is 4.79 Å². The van der Waals surface area contributed by atoms with Gasteiger partial charge in [0.1, 0.15) is 6.04 Å². The number of nitrogens with zero attached hydrogens (tertiary/aromatic N) is 3. The second kappa shape index (κ2) is 7.60. The zero-order chi connectivity index (χ0) is 17.8. The molecular weight excluding hydrogens is 322 g/mol. The number of imide groups is 1. The van der Waals surface area contributed by atoms with Crippen LogP contribution in [0, 0.1) is 6.92 Å². The van der Waals surface area contributed by atoms with E-state index < -0.39 is 12.1 Å². The molecule has 1 unspecified atom stereocenters. The molecule has 2 N–H and O–H groups in total. The number of pyridine rings is 1. The van der Waals surface area contributed by atoms with Gasteiger partial charge in [-0.15, -0.1) is 0 Å². The van der Waals surface area contributed by atoms with Crippen LogP contribution in [0.5, 0.6) is 0 Å². The van der Waals surface area contributed by atoms with Crippen molar-refractivity contribution in [2.24, 2.45) is 0 Å². The molecule has 25 heavy (non-hydrogen) atoms. The lowest BCUT2D eigenvalue weighted by atomic mass is 10.1. The molecule has 0 spiro atoms. The van der Waals surface area contributed by atoms with Crippen LogP contribution in [-0.2, 0) is 16.1 Å². The maximum Gasteiger partial charge on any atom is 0.322 e. The van der Waals surface area contributed by atoms with Gasteiger partial charge in [0.15, 0.2) is 0 Å². The molecule has 2 fully saturated rings. The molecule has 2 saturated heterocycles. The van der Waals surface area contributed by atoms with E-state index in [2.05, 4.69) is 33.5 Å². The number of hydrogen-bond acceptors (Lipinski definition) is 5. The average molecular weight is 345 g/mol. The maximum absolute atomic E-state index is 12.3. The number of carbonyl (C=O) groups is 3. The SMILES string of the molecule is Cc1cccnc1CN1CCN(C(=O)CCC2NC(=O)NC2=O)CC1. The quantitative estimate of drug-likeness (QED) is 0.734. The molecule has 0 radical (unpaired) electrons. The smallest absolute Gasteiger partial charge is 0.322 e. The minimum absolute atomic E-state index is 0.0302. The fourth-order valence-electron chi connectivity index (χ4n) is 3.14. The summed E-state index contributed by atoms with van der Waals surface area (Å²) in [6.07, 6.45) is 2.40. The Bertz CT molecular complexity index is 670. The first-order chi connectivity index (χ1) is 12.0. The van der Waals surface area contributed by atoms with Gasteiger partial charge >= 0.3 is 6.03 Å². The fraction of sp³-hybridized carbons (Fsp3) is 0.529. The summed E-state index contributed by atoms with van der Waals surface area (Å²) in [5.74, 6) is -0.323. The van der Waals surface area contributed by atoms with E-state index in [0.717, 1.165) is 25.3 Å². The highest BCUT2D eigenvalue weighted by atomic mass is 16.2. The minimum Gasteiger partial charge on any atom is -0.340 e. The van der Waals surface area contributed by atoms with E-state index in [-0.39, 0.29) is 18.2 Å². The molecule has 0 saturated carbocycles. The molecule has 1 atom stereocenters.